The van der Waals surface area contributed by atoms with E-state index in [9.17, 15) is 0 Å². The molecule has 0 radical (unpaired) electrons. The van der Waals surface area contributed by atoms with Gasteiger partial charge in [-0.05, 0) is 19.8 Å². The smallest absolute Gasteiger partial charge is 0.182 e. The zero-order valence-corrected chi connectivity index (χ0v) is 8.56. The maximum atomic E-state index is 5.50. The van der Waals surface area contributed by atoms with Gasteiger partial charge in [0.25, 0.3) is 0 Å². The molecule has 2 heterocycles. The molecule has 1 fully saturated rings. The fourth-order valence-electron chi connectivity index (χ4n) is 1.44. The van der Waals surface area contributed by atoms with Crippen molar-refractivity contribution in [2.45, 2.75) is 25.9 Å². The first-order valence-corrected chi connectivity index (χ1v) is 5.50. The molecule has 2 rings (SSSR count). The summed E-state index contributed by atoms with van der Waals surface area (Å²) in [6.07, 6.45) is 2.77. The van der Waals surface area contributed by atoms with Crippen molar-refractivity contribution in [3.05, 3.63) is 11.1 Å². The van der Waals surface area contributed by atoms with Crippen LogP contribution in [-0.2, 0) is 4.74 Å². The van der Waals surface area contributed by atoms with Crippen LogP contribution in [0.4, 0.5) is 5.13 Å². The molecule has 4 heteroatoms. The lowest BCUT2D eigenvalue weighted by Crippen LogP contribution is -2.18. The van der Waals surface area contributed by atoms with E-state index in [-0.39, 0.29) is 0 Å². The molecule has 0 aliphatic carbocycles. The van der Waals surface area contributed by atoms with E-state index in [4.69, 9.17) is 4.74 Å². The predicted molar refractivity (Wildman–Crippen MR) is 54.3 cm³/mol. The number of hydrogen-bond donors (Lipinski definition) is 1. The molecule has 0 saturated carbocycles. The molecule has 3 nitrogen and oxygen atoms in total. The van der Waals surface area contributed by atoms with Crippen LogP contribution in [-0.4, -0.2) is 24.2 Å². The van der Waals surface area contributed by atoms with E-state index in [0.29, 0.717) is 6.10 Å². The SMILES string of the molecule is Cc1csc(NC[C@H]2CCCO2)n1. The Balaban J connectivity index is 1.78. The van der Waals surface area contributed by atoms with Crippen LogP contribution >= 0.6 is 11.3 Å². The predicted octanol–water partition coefficient (Wildman–Crippen LogP) is 2.04. The molecular formula is C9H14N2OS. The molecule has 0 bridgehead atoms. The van der Waals surface area contributed by atoms with Crippen LogP contribution in [0.5, 0.6) is 0 Å². The van der Waals surface area contributed by atoms with Gasteiger partial charge in [0.15, 0.2) is 5.13 Å². The number of anilines is 1. The van der Waals surface area contributed by atoms with Gasteiger partial charge in [-0.25, -0.2) is 4.98 Å². The zero-order chi connectivity index (χ0) is 9.10. The van der Waals surface area contributed by atoms with Crippen LogP contribution in [0, 0.1) is 6.92 Å². The third-order valence-electron chi connectivity index (χ3n) is 2.12. The van der Waals surface area contributed by atoms with E-state index in [0.717, 1.165) is 24.0 Å². The minimum atomic E-state index is 0.393. The van der Waals surface area contributed by atoms with Gasteiger partial charge in [-0.3, -0.25) is 0 Å². The highest BCUT2D eigenvalue weighted by Crippen LogP contribution is 2.17. The van der Waals surface area contributed by atoms with Gasteiger partial charge in [0.05, 0.1) is 11.8 Å². The summed E-state index contributed by atoms with van der Waals surface area (Å²) in [5.74, 6) is 0. The quantitative estimate of drug-likeness (QED) is 0.807. The molecule has 1 aromatic heterocycles. The van der Waals surface area contributed by atoms with E-state index < -0.39 is 0 Å². The zero-order valence-electron chi connectivity index (χ0n) is 7.75. The standard InChI is InChI=1S/C9H14N2OS/c1-7-6-13-9(11-7)10-5-8-3-2-4-12-8/h6,8H,2-5H2,1H3,(H,10,11)/t8-/m1/s1. The second-order valence-electron chi connectivity index (χ2n) is 3.31. The van der Waals surface area contributed by atoms with Gasteiger partial charge in [0.2, 0.25) is 0 Å². The van der Waals surface area contributed by atoms with Crippen LogP contribution in [0.3, 0.4) is 0 Å². The Morgan fingerprint density at radius 2 is 2.69 bits per heavy atom. The summed E-state index contributed by atoms with van der Waals surface area (Å²) in [5, 5.41) is 6.35. The Bertz CT molecular complexity index is 268. The summed E-state index contributed by atoms with van der Waals surface area (Å²) < 4.78 is 5.50. The molecule has 1 saturated heterocycles. The molecule has 0 aromatic carbocycles. The maximum absolute atomic E-state index is 5.50. The first-order valence-electron chi connectivity index (χ1n) is 4.62. The number of aryl methyl sites for hydroxylation is 1. The van der Waals surface area contributed by atoms with E-state index in [1.54, 1.807) is 11.3 Å². The fraction of sp³-hybridized carbons (Fsp3) is 0.667. The van der Waals surface area contributed by atoms with E-state index >= 15 is 0 Å². The first kappa shape index (κ1) is 8.97. The lowest BCUT2D eigenvalue weighted by Gasteiger charge is -2.08. The number of rotatable bonds is 3. The Kier molecular flexibility index (Phi) is 2.80. The van der Waals surface area contributed by atoms with Crippen LogP contribution < -0.4 is 5.32 Å². The summed E-state index contributed by atoms with van der Waals surface area (Å²) in [6.45, 7) is 3.82. The second kappa shape index (κ2) is 4.07. The highest BCUT2D eigenvalue weighted by molar-refractivity contribution is 7.13. The van der Waals surface area contributed by atoms with Gasteiger partial charge in [0.1, 0.15) is 0 Å². The van der Waals surface area contributed by atoms with Crippen molar-refractivity contribution in [3.8, 4) is 0 Å². The van der Waals surface area contributed by atoms with Crippen LogP contribution in [0.15, 0.2) is 5.38 Å². The number of thiazole rings is 1. The van der Waals surface area contributed by atoms with E-state index in [2.05, 4.69) is 15.7 Å². The van der Waals surface area contributed by atoms with Gasteiger partial charge in [0, 0.05) is 18.5 Å². The molecule has 1 N–H and O–H groups in total. The van der Waals surface area contributed by atoms with E-state index in [1.165, 1.54) is 12.8 Å². The third kappa shape index (κ3) is 2.42. The second-order valence-corrected chi connectivity index (χ2v) is 4.17. The minimum absolute atomic E-state index is 0.393. The van der Waals surface area contributed by atoms with Gasteiger partial charge in [-0.2, -0.15) is 0 Å². The first-order chi connectivity index (χ1) is 6.34. The third-order valence-corrected chi connectivity index (χ3v) is 3.04. The van der Waals surface area contributed by atoms with Crippen molar-refractivity contribution in [3.63, 3.8) is 0 Å². The van der Waals surface area contributed by atoms with Crippen LogP contribution in [0.25, 0.3) is 0 Å². The topological polar surface area (TPSA) is 34.1 Å². The number of hydrogen-bond acceptors (Lipinski definition) is 4. The Morgan fingerprint density at radius 1 is 1.77 bits per heavy atom. The number of nitrogens with zero attached hydrogens (tertiary/aromatic N) is 1. The molecule has 0 spiro atoms. The van der Waals surface area contributed by atoms with Gasteiger partial charge < -0.3 is 10.1 Å². The molecule has 1 aromatic rings. The average molecular weight is 198 g/mol. The number of nitrogens with one attached hydrogen (secondary N) is 1. The molecular weight excluding hydrogens is 184 g/mol. The maximum Gasteiger partial charge on any atom is 0.182 e. The molecule has 0 unspecified atom stereocenters. The summed E-state index contributed by atoms with van der Waals surface area (Å²) in [5.41, 5.74) is 1.08. The van der Waals surface area contributed by atoms with Gasteiger partial charge in [-0.1, -0.05) is 0 Å². The molecule has 72 valence electrons. The van der Waals surface area contributed by atoms with Crippen molar-refractivity contribution >= 4 is 16.5 Å². The number of aromatic nitrogens is 1. The van der Waals surface area contributed by atoms with E-state index in [1.807, 2.05) is 6.92 Å². The van der Waals surface area contributed by atoms with Crippen LogP contribution in [0.1, 0.15) is 18.5 Å². The summed E-state index contributed by atoms with van der Waals surface area (Å²) in [7, 11) is 0. The molecule has 0 amide bonds. The van der Waals surface area contributed by atoms with Crippen molar-refractivity contribution in [1.29, 1.82) is 0 Å². The lowest BCUT2D eigenvalue weighted by atomic mass is 10.2. The summed E-state index contributed by atoms with van der Waals surface area (Å²) >= 11 is 1.66. The van der Waals surface area contributed by atoms with Gasteiger partial charge >= 0.3 is 0 Å². The number of ether oxygens (including phenoxy) is 1. The lowest BCUT2D eigenvalue weighted by molar-refractivity contribution is 0.120. The molecule has 1 aliphatic rings. The van der Waals surface area contributed by atoms with Crippen molar-refractivity contribution < 1.29 is 4.74 Å². The largest absolute Gasteiger partial charge is 0.376 e. The molecule has 1 atom stereocenters. The Morgan fingerprint density at radius 3 is 3.31 bits per heavy atom. The Hall–Kier alpha value is -0.610. The molecule has 1 aliphatic heterocycles. The normalized spacial score (nSPS) is 22.1. The fourth-order valence-corrected chi connectivity index (χ4v) is 2.14. The van der Waals surface area contributed by atoms with Crippen LogP contribution in [0.2, 0.25) is 0 Å². The van der Waals surface area contributed by atoms with Crippen molar-refractivity contribution in [2.75, 3.05) is 18.5 Å². The minimum Gasteiger partial charge on any atom is -0.376 e. The summed E-state index contributed by atoms with van der Waals surface area (Å²) in [4.78, 5) is 4.32. The monoisotopic (exact) mass is 198 g/mol. The highest BCUT2D eigenvalue weighted by atomic mass is 32.1. The highest BCUT2D eigenvalue weighted by Gasteiger charge is 2.15. The summed E-state index contributed by atoms with van der Waals surface area (Å²) in [6, 6.07) is 0. The molecule has 13 heavy (non-hydrogen) atoms. The average Bonchev–Trinajstić information content (AvgIpc) is 2.71. The Labute approximate surface area is 82.1 Å². The van der Waals surface area contributed by atoms with Crippen molar-refractivity contribution in [2.24, 2.45) is 0 Å². The van der Waals surface area contributed by atoms with Crippen molar-refractivity contribution in [1.82, 2.24) is 4.98 Å². The van der Waals surface area contributed by atoms with Gasteiger partial charge in [-0.15, -0.1) is 11.3 Å².